The van der Waals surface area contributed by atoms with Gasteiger partial charge in [-0.3, -0.25) is 0 Å². The second-order valence-electron chi connectivity index (χ2n) is 5.01. The number of anilines is 1. The summed E-state index contributed by atoms with van der Waals surface area (Å²) in [6.07, 6.45) is 0. The van der Waals surface area contributed by atoms with E-state index < -0.39 is 11.6 Å². The molecular weight excluding hydrogens is 274 g/mol. The molecule has 1 aliphatic rings. The molecule has 2 N–H and O–H groups in total. The molecule has 21 heavy (non-hydrogen) atoms. The van der Waals surface area contributed by atoms with E-state index in [1.165, 1.54) is 6.07 Å². The van der Waals surface area contributed by atoms with E-state index in [2.05, 4.69) is 0 Å². The van der Waals surface area contributed by atoms with E-state index in [4.69, 9.17) is 10.5 Å². The molecule has 3 nitrogen and oxygen atoms in total. The Morgan fingerprint density at radius 1 is 1.29 bits per heavy atom. The second-order valence-corrected chi connectivity index (χ2v) is 5.01. The summed E-state index contributed by atoms with van der Waals surface area (Å²) in [5, 5.41) is 0. The number of ether oxygens (including phenoxy) is 1. The summed E-state index contributed by atoms with van der Waals surface area (Å²) >= 11 is 0. The Bertz CT molecular complexity index is 675. The predicted octanol–water partition coefficient (Wildman–Crippen LogP) is 2.99. The highest BCUT2D eigenvalue weighted by Crippen LogP contribution is 2.41. The van der Waals surface area contributed by atoms with E-state index in [9.17, 15) is 8.78 Å². The molecular formula is C16H16F2N2O. The molecule has 0 aromatic heterocycles. The van der Waals surface area contributed by atoms with Gasteiger partial charge in [0.15, 0.2) is 0 Å². The lowest BCUT2D eigenvalue weighted by Gasteiger charge is -2.27. The Labute approximate surface area is 121 Å². The molecule has 0 fully saturated rings. The van der Waals surface area contributed by atoms with Crippen LogP contribution in [0.25, 0.3) is 0 Å². The Morgan fingerprint density at radius 2 is 2.05 bits per heavy atom. The number of hydrogen-bond donors (Lipinski definition) is 1. The van der Waals surface area contributed by atoms with Crippen LogP contribution < -0.4 is 15.4 Å². The van der Waals surface area contributed by atoms with Crippen LogP contribution in [-0.2, 0) is 6.54 Å². The van der Waals surface area contributed by atoms with Crippen LogP contribution in [0.15, 0.2) is 36.4 Å². The number of benzene rings is 2. The van der Waals surface area contributed by atoms with Crippen molar-refractivity contribution in [2.75, 3.05) is 18.6 Å². The van der Waals surface area contributed by atoms with Crippen LogP contribution in [0.1, 0.15) is 17.2 Å². The molecule has 0 amide bonds. The average molecular weight is 290 g/mol. The van der Waals surface area contributed by atoms with Gasteiger partial charge in [-0.25, -0.2) is 8.78 Å². The number of methoxy groups -OCH3 is 1. The van der Waals surface area contributed by atoms with Gasteiger partial charge in [0.2, 0.25) is 0 Å². The molecule has 1 atom stereocenters. The number of hydrogen-bond acceptors (Lipinski definition) is 3. The maximum absolute atomic E-state index is 14.0. The Kier molecular flexibility index (Phi) is 3.51. The predicted molar refractivity (Wildman–Crippen MR) is 77.3 cm³/mol. The molecule has 1 heterocycles. The van der Waals surface area contributed by atoms with Crippen LogP contribution >= 0.6 is 0 Å². The minimum Gasteiger partial charge on any atom is -0.495 e. The quantitative estimate of drug-likeness (QED) is 0.944. The van der Waals surface area contributed by atoms with Gasteiger partial charge in [-0.05, 0) is 23.8 Å². The van der Waals surface area contributed by atoms with Crippen LogP contribution in [0.2, 0.25) is 0 Å². The van der Waals surface area contributed by atoms with Gasteiger partial charge in [-0.1, -0.05) is 12.1 Å². The van der Waals surface area contributed by atoms with Gasteiger partial charge in [0, 0.05) is 24.7 Å². The summed E-state index contributed by atoms with van der Waals surface area (Å²) < 4.78 is 32.8. The first-order valence-electron chi connectivity index (χ1n) is 6.73. The first-order chi connectivity index (χ1) is 10.2. The fraction of sp³-hybridized carbons (Fsp3) is 0.250. The maximum atomic E-state index is 14.0. The molecule has 1 unspecified atom stereocenters. The number of para-hydroxylation sites is 2. The van der Waals surface area contributed by atoms with Crippen LogP contribution in [0.3, 0.4) is 0 Å². The number of halogens is 2. The fourth-order valence-corrected chi connectivity index (χ4v) is 2.91. The first-order valence-corrected chi connectivity index (χ1v) is 6.73. The van der Waals surface area contributed by atoms with Crippen molar-refractivity contribution in [2.24, 2.45) is 5.73 Å². The van der Waals surface area contributed by atoms with Crippen molar-refractivity contribution in [3.05, 3.63) is 59.2 Å². The van der Waals surface area contributed by atoms with E-state index in [0.717, 1.165) is 11.8 Å². The standard InChI is InChI=1S/C16H16F2N2O/c1-21-16-5-3-2-4-14(16)20-9-12-11(15(20)8-19)6-10(17)7-13(12)18/h2-7,15H,8-9,19H2,1H3. The Morgan fingerprint density at radius 3 is 2.76 bits per heavy atom. The summed E-state index contributed by atoms with van der Waals surface area (Å²) in [6.45, 7) is 0.623. The number of rotatable bonds is 3. The molecule has 2 aromatic carbocycles. The van der Waals surface area contributed by atoms with Crippen molar-refractivity contribution in [1.82, 2.24) is 0 Å². The van der Waals surface area contributed by atoms with Crippen LogP contribution in [0, 0.1) is 11.6 Å². The third kappa shape index (κ3) is 2.23. The molecule has 0 bridgehead atoms. The van der Waals surface area contributed by atoms with Gasteiger partial charge < -0.3 is 15.4 Å². The zero-order valence-corrected chi connectivity index (χ0v) is 11.6. The molecule has 1 aliphatic heterocycles. The molecule has 0 aliphatic carbocycles. The second kappa shape index (κ2) is 5.33. The summed E-state index contributed by atoms with van der Waals surface area (Å²) in [7, 11) is 1.58. The lowest BCUT2D eigenvalue weighted by atomic mass is 10.0. The lowest BCUT2D eigenvalue weighted by molar-refractivity contribution is 0.413. The van der Waals surface area contributed by atoms with Crippen molar-refractivity contribution in [3.8, 4) is 5.75 Å². The van der Waals surface area contributed by atoms with Gasteiger partial charge in [-0.2, -0.15) is 0 Å². The van der Waals surface area contributed by atoms with E-state index in [1.807, 2.05) is 29.2 Å². The Balaban J connectivity index is 2.09. The molecule has 0 saturated heterocycles. The SMILES string of the molecule is COc1ccccc1N1Cc2c(F)cc(F)cc2C1CN. The number of nitrogens with zero attached hydrogens (tertiary/aromatic N) is 1. The smallest absolute Gasteiger partial charge is 0.142 e. The molecule has 110 valence electrons. The lowest BCUT2D eigenvalue weighted by Crippen LogP contribution is -2.28. The molecule has 2 aromatic rings. The van der Waals surface area contributed by atoms with Crippen LogP contribution in [0.5, 0.6) is 5.75 Å². The van der Waals surface area contributed by atoms with Crippen molar-refractivity contribution in [3.63, 3.8) is 0 Å². The van der Waals surface area contributed by atoms with Crippen molar-refractivity contribution in [1.29, 1.82) is 0 Å². The zero-order valence-electron chi connectivity index (χ0n) is 11.6. The van der Waals surface area contributed by atoms with Gasteiger partial charge >= 0.3 is 0 Å². The average Bonchev–Trinajstić information content (AvgIpc) is 2.85. The maximum Gasteiger partial charge on any atom is 0.142 e. The summed E-state index contributed by atoms with van der Waals surface area (Å²) in [5.74, 6) is -0.419. The van der Waals surface area contributed by atoms with E-state index in [0.29, 0.717) is 23.4 Å². The highest BCUT2D eigenvalue weighted by Gasteiger charge is 2.33. The highest BCUT2D eigenvalue weighted by molar-refractivity contribution is 5.63. The Hall–Kier alpha value is -2.14. The normalized spacial score (nSPS) is 17.0. The summed E-state index contributed by atoms with van der Waals surface area (Å²) in [6, 6.07) is 9.49. The first kappa shape index (κ1) is 13.8. The van der Waals surface area contributed by atoms with Gasteiger partial charge in [-0.15, -0.1) is 0 Å². The van der Waals surface area contributed by atoms with Gasteiger partial charge in [0.1, 0.15) is 17.4 Å². The van der Waals surface area contributed by atoms with E-state index in [-0.39, 0.29) is 12.6 Å². The fourth-order valence-electron chi connectivity index (χ4n) is 2.91. The summed E-state index contributed by atoms with van der Waals surface area (Å²) in [4.78, 5) is 1.95. The van der Waals surface area contributed by atoms with E-state index >= 15 is 0 Å². The zero-order chi connectivity index (χ0) is 15.0. The van der Waals surface area contributed by atoms with Crippen LogP contribution in [-0.4, -0.2) is 13.7 Å². The number of fused-ring (bicyclic) bond motifs is 1. The van der Waals surface area contributed by atoms with Gasteiger partial charge in [0.25, 0.3) is 0 Å². The molecule has 0 spiro atoms. The third-order valence-corrected chi connectivity index (χ3v) is 3.88. The van der Waals surface area contributed by atoms with Crippen molar-refractivity contribution >= 4 is 5.69 Å². The minimum atomic E-state index is -0.577. The van der Waals surface area contributed by atoms with E-state index in [1.54, 1.807) is 7.11 Å². The monoisotopic (exact) mass is 290 g/mol. The molecule has 0 saturated carbocycles. The summed E-state index contributed by atoms with van der Waals surface area (Å²) in [5.41, 5.74) is 7.78. The largest absolute Gasteiger partial charge is 0.495 e. The molecule has 3 rings (SSSR count). The van der Waals surface area contributed by atoms with Crippen LogP contribution in [0.4, 0.5) is 14.5 Å². The third-order valence-electron chi connectivity index (χ3n) is 3.88. The number of nitrogens with two attached hydrogens (primary N) is 1. The topological polar surface area (TPSA) is 38.5 Å². The minimum absolute atomic E-state index is 0.263. The van der Waals surface area contributed by atoms with Crippen molar-refractivity contribution in [2.45, 2.75) is 12.6 Å². The highest BCUT2D eigenvalue weighted by atomic mass is 19.1. The van der Waals surface area contributed by atoms with Gasteiger partial charge in [0.05, 0.1) is 18.8 Å². The molecule has 5 heteroatoms. The molecule has 0 radical (unpaired) electrons. The van der Waals surface area contributed by atoms with Crippen molar-refractivity contribution < 1.29 is 13.5 Å².